The average molecular weight is 328 g/mol. The van der Waals surface area contributed by atoms with Gasteiger partial charge in [0.15, 0.2) is 6.61 Å². The molecule has 1 aromatic carbocycles. The molecule has 3 heterocycles. The molecule has 0 saturated carbocycles. The lowest BCUT2D eigenvalue weighted by Crippen LogP contribution is -2.25. The van der Waals surface area contributed by atoms with Crippen molar-refractivity contribution in [2.45, 2.75) is 6.92 Å². The highest BCUT2D eigenvalue weighted by Gasteiger charge is 2.18. The number of rotatable bonds is 2. The number of nitrogens with one attached hydrogen (secondary N) is 1. The third kappa shape index (κ3) is 2.30. The van der Waals surface area contributed by atoms with Crippen LogP contribution in [-0.4, -0.2) is 17.5 Å². The van der Waals surface area contributed by atoms with E-state index in [1.807, 2.05) is 18.2 Å². The van der Waals surface area contributed by atoms with Crippen molar-refractivity contribution in [1.82, 2.24) is 4.98 Å². The number of thiophene rings is 1. The smallest absolute Gasteiger partial charge is 0.262 e. The number of thiazole rings is 1. The summed E-state index contributed by atoms with van der Waals surface area (Å²) in [7, 11) is 0. The molecule has 3 aromatic rings. The van der Waals surface area contributed by atoms with Gasteiger partial charge in [-0.15, -0.1) is 11.3 Å². The van der Waals surface area contributed by atoms with Crippen LogP contribution in [0.3, 0.4) is 0 Å². The monoisotopic (exact) mass is 328 g/mol. The molecule has 0 spiro atoms. The third-order valence-electron chi connectivity index (χ3n) is 3.45. The van der Waals surface area contributed by atoms with Gasteiger partial charge in [-0.1, -0.05) is 0 Å². The topological polar surface area (TPSA) is 51.2 Å². The van der Waals surface area contributed by atoms with Gasteiger partial charge in [0.25, 0.3) is 5.91 Å². The molecular formula is C16H12N2O2S2. The van der Waals surface area contributed by atoms with E-state index in [2.05, 4.69) is 29.1 Å². The summed E-state index contributed by atoms with van der Waals surface area (Å²) in [4.78, 5) is 17.4. The fourth-order valence-electron chi connectivity index (χ4n) is 2.40. The summed E-state index contributed by atoms with van der Waals surface area (Å²) in [6.45, 7) is 2.14. The lowest BCUT2D eigenvalue weighted by Gasteiger charge is -2.18. The highest BCUT2D eigenvalue weighted by atomic mass is 32.1. The SMILES string of the molecule is Cc1sc(-c2ccsc2)nc1-c1ccc2c(c1)NC(=O)CO2. The Labute approximate surface area is 135 Å². The normalized spacial score (nSPS) is 13.4. The molecule has 110 valence electrons. The van der Waals surface area contributed by atoms with Crippen LogP contribution in [0.2, 0.25) is 0 Å². The minimum absolute atomic E-state index is 0.0738. The van der Waals surface area contributed by atoms with Crippen molar-refractivity contribution in [1.29, 1.82) is 0 Å². The molecule has 0 bridgehead atoms. The van der Waals surface area contributed by atoms with Crippen molar-refractivity contribution in [3.63, 3.8) is 0 Å². The van der Waals surface area contributed by atoms with Gasteiger partial charge in [-0.25, -0.2) is 4.98 Å². The second-order valence-corrected chi connectivity index (χ2v) is 6.97. The first-order chi connectivity index (χ1) is 10.7. The number of ether oxygens (including phenoxy) is 1. The number of aromatic nitrogens is 1. The molecule has 0 radical (unpaired) electrons. The first-order valence-corrected chi connectivity index (χ1v) is 8.54. The minimum atomic E-state index is -0.126. The fourth-order valence-corrected chi connectivity index (χ4v) is 4.05. The predicted molar refractivity (Wildman–Crippen MR) is 89.7 cm³/mol. The number of benzene rings is 1. The number of hydrogen-bond acceptors (Lipinski definition) is 5. The number of fused-ring (bicyclic) bond motifs is 1. The van der Waals surface area contributed by atoms with Gasteiger partial charge < -0.3 is 10.1 Å². The van der Waals surface area contributed by atoms with Gasteiger partial charge >= 0.3 is 0 Å². The maximum Gasteiger partial charge on any atom is 0.262 e. The molecule has 22 heavy (non-hydrogen) atoms. The van der Waals surface area contributed by atoms with Crippen LogP contribution in [0.25, 0.3) is 21.8 Å². The first-order valence-electron chi connectivity index (χ1n) is 6.78. The van der Waals surface area contributed by atoms with E-state index in [1.54, 1.807) is 22.7 Å². The van der Waals surface area contributed by atoms with E-state index in [0.717, 1.165) is 26.7 Å². The summed E-state index contributed by atoms with van der Waals surface area (Å²) in [5.41, 5.74) is 3.80. The molecule has 4 rings (SSSR count). The van der Waals surface area contributed by atoms with Crippen molar-refractivity contribution in [2.75, 3.05) is 11.9 Å². The zero-order chi connectivity index (χ0) is 15.1. The Hall–Kier alpha value is -2.18. The van der Waals surface area contributed by atoms with E-state index in [-0.39, 0.29) is 12.5 Å². The quantitative estimate of drug-likeness (QED) is 0.768. The second-order valence-electron chi connectivity index (χ2n) is 4.98. The zero-order valence-corrected chi connectivity index (χ0v) is 13.4. The van der Waals surface area contributed by atoms with Gasteiger partial charge in [0.05, 0.1) is 11.4 Å². The van der Waals surface area contributed by atoms with Crippen LogP contribution in [0, 0.1) is 6.92 Å². The number of hydrogen-bond donors (Lipinski definition) is 1. The van der Waals surface area contributed by atoms with Gasteiger partial charge in [0.2, 0.25) is 0 Å². The largest absolute Gasteiger partial charge is 0.482 e. The number of carbonyl (C=O) groups excluding carboxylic acids is 1. The van der Waals surface area contributed by atoms with E-state index < -0.39 is 0 Å². The first kappa shape index (κ1) is 13.5. The van der Waals surface area contributed by atoms with Crippen molar-refractivity contribution in [3.8, 4) is 27.6 Å². The Morgan fingerprint density at radius 1 is 1.27 bits per heavy atom. The summed E-state index contributed by atoms with van der Waals surface area (Å²) in [5, 5.41) is 8.01. The van der Waals surface area contributed by atoms with Crippen LogP contribution in [-0.2, 0) is 4.79 Å². The molecular weight excluding hydrogens is 316 g/mol. The maximum atomic E-state index is 11.5. The predicted octanol–water partition coefficient (Wildman–Crippen LogP) is 4.18. The number of carbonyl (C=O) groups is 1. The summed E-state index contributed by atoms with van der Waals surface area (Å²) >= 11 is 3.35. The van der Waals surface area contributed by atoms with E-state index in [1.165, 1.54) is 0 Å². The number of anilines is 1. The lowest BCUT2D eigenvalue weighted by molar-refractivity contribution is -0.118. The molecule has 1 N–H and O–H groups in total. The Balaban J connectivity index is 1.76. The molecule has 0 unspecified atom stereocenters. The number of nitrogens with zero attached hydrogens (tertiary/aromatic N) is 1. The van der Waals surface area contributed by atoms with Crippen molar-refractivity contribution in [3.05, 3.63) is 39.9 Å². The summed E-state index contributed by atoms with van der Waals surface area (Å²) in [5.74, 6) is 0.577. The standard InChI is InChI=1S/C16H12N2O2S2/c1-9-15(18-16(22-9)11-4-5-21-8-11)10-2-3-13-12(6-10)17-14(19)7-20-13/h2-6,8H,7H2,1H3,(H,17,19). The van der Waals surface area contributed by atoms with Gasteiger partial charge in [0, 0.05) is 21.4 Å². The van der Waals surface area contributed by atoms with Crippen LogP contribution >= 0.6 is 22.7 Å². The van der Waals surface area contributed by atoms with Crippen LogP contribution in [0.15, 0.2) is 35.0 Å². The summed E-state index contributed by atoms with van der Waals surface area (Å²) in [6, 6.07) is 7.86. The van der Waals surface area contributed by atoms with E-state index in [0.29, 0.717) is 11.4 Å². The molecule has 1 aliphatic heterocycles. The van der Waals surface area contributed by atoms with E-state index in [9.17, 15) is 4.79 Å². The zero-order valence-electron chi connectivity index (χ0n) is 11.8. The molecule has 1 aliphatic rings. The fraction of sp³-hybridized carbons (Fsp3) is 0.125. The highest BCUT2D eigenvalue weighted by molar-refractivity contribution is 7.16. The van der Waals surface area contributed by atoms with Crippen LogP contribution in [0.1, 0.15) is 4.88 Å². The van der Waals surface area contributed by atoms with Crippen LogP contribution < -0.4 is 10.1 Å². The molecule has 2 aromatic heterocycles. The Morgan fingerprint density at radius 3 is 3.00 bits per heavy atom. The van der Waals surface area contributed by atoms with Crippen molar-refractivity contribution in [2.24, 2.45) is 0 Å². The molecule has 4 nitrogen and oxygen atoms in total. The van der Waals surface area contributed by atoms with E-state index >= 15 is 0 Å². The summed E-state index contributed by atoms with van der Waals surface area (Å²) in [6.07, 6.45) is 0. The third-order valence-corrected chi connectivity index (χ3v) is 5.15. The Kier molecular flexibility index (Phi) is 3.20. The van der Waals surface area contributed by atoms with Crippen molar-refractivity contribution < 1.29 is 9.53 Å². The van der Waals surface area contributed by atoms with Gasteiger partial charge in [-0.05, 0) is 36.6 Å². The highest BCUT2D eigenvalue weighted by Crippen LogP contribution is 2.37. The summed E-state index contributed by atoms with van der Waals surface area (Å²) < 4.78 is 5.39. The number of aryl methyl sites for hydroxylation is 1. The molecule has 0 fully saturated rings. The van der Waals surface area contributed by atoms with Gasteiger partial charge in [0.1, 0.15) is 10.8 Å². The van der Waals surface area contributed by atoms with Crippen LogP contribution in [0.4, 0.5) is 5.69 Å². The Morgan fingerprint density at radius 2 is 2.18 bits per heavy atom. The Bertz CT molecular complexity index is 853. The molecule has 0 atom stereocenters. The van der Waals surface area contributed by atoms with Gasteiger partial charge in [-0.3, -0.25) is 4.79 Å². The lowest BCUT2D eigenvalue weighted by atomic mass is 10.1. The van der Waals surface area contributed by atoms with Gasteiger partial charge in [-0.2, -0.15) is 11.3 Å². The second kappa shape index (κ2) is 5.23. The molecule has 0 aliphatic carbocycles. The maximum absolute atomic E-state index is 11.5. The average Bonchev–Trinajstić information content (AvgIpc) is 3.15. The van der Waals surface area contributed by atoms with Crippen LogP contribution in [0.5, 0.6) is 5.75 Å². The molecule has 6 heteroatoms. The van der Waals surface area contributed by atoms with Crippen molar-refractivity contribution >= 4 is 34.3 Å². The van der Waals surface area contributed by atoms with E-state index in [4.69, 9.17) is 9.72 Å². The number of amides is 1. The minimum Gasteiger partial charge on any atom is -0.482 e. The molecule has 0 saturated heterocycles. The molecule has 1 amide bonds.